The Morgan fingerprint density at radius 1 is 1.22 bits per heavy atom. The number of carbonyl (C=O) groups excluding carboxylic acids is 1. The van der Waals surface area contributed by atoms with Crippen molar-refractivity contribution in [1.82, 2.24) is 15.3 Å². The largest absolute Gasteiger partial charge is 0.350 e. The normalized spacial score (nSPS) is 10.9. The van der Waals surface area contributed by atoms with Crippen molar-refractivity contribution in [3.63, 3.8) is 0 Å². The maximum atomic E-state index is 11.5. The van der Waals surface area contributed by atoms with Crippen molar-refractivity contribution in [2.24, 2.45) is 5.92 Å². The van der Waals surface area contributed by atoms with E-state index >= 15 is 0 Å². The van der Waals surface area contributed by atoms with E-state index in [0.29, 0.717) is 6.54 Å². The van der Waals surface area contributed by atoms with Gasteiger partial charge in [-0.2, -0.15) is 0 Å². The number of hydrogen-bond donors (Lipinski definition) is 1. The Labute approximate surface area is 106 Å². The molecular weight excluding hydrogens is 226 g/mol. The molecule has 0 saturated carbocycles. The first-order valence-electron chi connectivity index (χ1n) is 6.08. The molecule has 1 aromatic carbocycles. The molecular formula is C14H17N3O. The van der Waals surface area contributed by atoms with Crippen LogP contribution >= 0.6 is 0 Å². The van der Waals surface area contributed by atoms with Crippen molar-refractivity contribution in [3.8, 4) is 0 Å². The summed E-state index contributed by atoms with van der Waals surface area (Å²) in [6, 6.07) is 7.74. The summed E-state index contributed by atoms with van der Waals surface area (Å²) in [5.41, 5.74) is 3.42. The third-order valence-corrected chi connectivity index (χ3v) is 2.80. The Morgan fingerprint density at radius 3 is 2.44 bits per heavy atom. The van der Waals surface area contributed by atoms with Crippen molar-refractivity contribution in [2.75, 3.05) is 0 Å². The van der Waals surface area contributed by atoms with Crippen LogP contribution in [0.3, 0.4) is 0 Å². The molecule has 0 fully saturated rings. The van der Waals surface area contributed by atoms with Crippen molar-refractivity contribution in [2.45, 2.75) is 27.3 Å². The van der Waals surface area contributed by atoms with Gasteiger partial charge in [0, 0.05) is 5.92 Å². The molecule has 0 saturated heterocycles. The Hall–Kier alpha value is -1.97. The van der Waals surface area contributed by atoms with E-state index in [1.165, 1.54) is 0 Å². The van der Waals surface area contributed by atoms with E-state index in [2.05, 4.69) is 15.3 Å². The summed E-state index contributed by atoms with van der Waals surface area (Å²) in [6.45, 7) is 6.08. The number of nitrogens with zero attached hydrogens (tertiary/aromatic N) is 2. The minimum absolute atomic E-state index is 0.0151. The van der Waals surface area contributed by atoms with Gasteiger partial charge in [0.05, 0.1) is 29.0 Å². The highest BCUT2D eigenvalue weighted by Gasteiger charge is 2.09. The SMILES string of the molecule is Cc1nc2ccccc2nc1CNC(=O)C(C)C. The Balaban J connectivity index is 2.23. The van der Waals surface area contributed by atoms with E-state index in [-0.39, 0.29) is 11.8 Å². The van der Waals surface area contributed by atoms with Crippen molar-refractivity contribution in [1.29, 1.82) is 0 Å². The predicted octanol–water partition coefficient (Wildman–Crippen LogP) is 2.21. The summed E-state index contributed by atoms with van der Waals surface area (Å²) in [6.07, 6.45) is 0. The molecule has 0 atom stereocenters. The molecule has 94 valence electrons. The van der Waals surface area contributed by atoms with Gasteiger partial charge in [-0.3, -0.25) is 4.79 Å². The Bertz CT molecular complexity index is 578. The van der Waals surface area contributed by atoms with Gasteiger partial charge in [0.2, 0.25) is 5.91 Å². The molecule has 1 aromatic heterocycles. The van der Waals surface area contributed by atoms with Gasteiger partial charge in [0.1, 0.15) is 0 Å². The van der Waals surface area contributed by atoms with Gasteiger partial charge in [-0.25, -0.2) is 9.97 Å². The molecule has 0 aliphatic heterocycles. The van der Waals surface area contributed by atoms with Gasteiger partial charge in [-0.1, -0.05) is 26.0 Å². The molecule has 0 radical (unpaired) electrons. The number of benzene rings is 1. The average molecular weight is 243 g/mol. The first-order chi connectivity index (χ1) is 8.58. The van der Waals surface area contributed by atoms with Crippen LogP contribution in [0.2, 0.25) is 0 Å². The van der Waals surface area contributed by atoms with Crippen LogP contribution in [-0.4, -0.2) is 15.9 Å². The molecule has 0 bridgehead atoms. The van der Waals surface area contributed by atoms with Gasteiger partial charge >= 0.3 is 0 Å². The molecule has 2 rings (SSSR count). The summed E-state index contributed by atoms with van der Waals surface area (Å²) in [5.74, 6) is 0.0167. The van der Waals surface area contributed by atoms with Crippen LogP contribution < -0.4 is 5.32 Å². The fourth-order valence-electron chi connectivity index (χ4n) is 1.67. The lowest BCUT2D eigenvalue weighted by Crippen LogP contribution is -2.28. The summed E-state index contributed by atoms with van der Waals surface area (Å²) in [5, 5.41) is 2.86. The molecule has 1 N–H and O–H groups in total. The van der Waals surface area contributed by atoms with Crippen LogP contribution in [-0.2, 0) is 11.3 Å². The van der Waals surface area contributed by atoms with Crippen molar-refractivity contribution >= 4 is 16.9 Å². The zero-order valence-electron chi connectivity index (χ0n) is 10.9. The Kier molecular flexibility index (Phi) is 3.55. The molecule has 4 nitrogen and oxygen atoms in total. The van der Waals surface area contributed by atoms with Gasteiger partial charge in [0.25, 0.3) is 0 Å². The molecule has 2 aromatic rings. The van der Waals surface area contributed by atoms with Crippen LogP contribution in [0.15, 0.2) is 24.3 Å². The maximum absolute atomic E-state index is 11.5. The number of aryl methyl sites for hydroxylation is 1. The lowest BCUT2D eigenvalue weighted by molar-refractivity contribution is -0.124. The minimum Gasteiger partial charge on any atom is -0.350 e. The molecule has 18 heavy (non-hydrogen) atoms. The summed E-state index contributed by atoms with van der Waals surface area (Å²) < 4.78 is 0. The second-order valence-corrected chi connectivity index (χ2v) is 4.62. The van der Waals surface area contributed by atoms with Gasteiger partial charge in [0.15, 0.2) is 0 Å². The number of aromatic nitrogens is 2. The molecule has 0 unspecified atom stereocenters. The molecule has 1 heterocycles. The predicted molar refractivity (Wildman–Crippen MR) is 71.0 cm³/mol. The molecule has 1 amide bonds. The van der Waals surface area contributed by atoms with Crippen LogP contribution in [0.5, 0.6) is 0 Å². The van der Waals surface area contributed by atoms with Crippen LogP contribution in [0.1, 0.15) is 25.2 Å². The Morgan fingerprint density at radius 2 is 1.83 bits per heavy atom. The molecule has 0 spiro atoms. The van der Waals surface area contributed by atoms with E-state index < -0.39 is 0 Å². The monoisotopic (exact) mass is 243 g/mol. The van der Waals surface area contributed by atoms with Gasteiger partial charge in [-0.15, -0.1) is 0 Å². The molecule has 4 heteroatoms. The zero-order chi connectivity index (χ0) is 13.1. The highest BCUT2D eigenvalue weighted by molar-refractivity contribution is 5.78. The van der Waals surface area contributed by atoms with Gasteiger partial charge < -0.3 is 5.32 Å². The van der Waals surface area contributed by atoms with Crippen LogP contribution in [0.25, 0.3) is 11.0 Å². The van der Waals surface area contributed by atoms with E-state index in [4.69, 9.17) is 0 Å². The summed E-state index contributed by atoms with van der Waals surface area (Å²) >= 11 is 0. The molecule has 0 aliphatic carbocycles. The zero-order valence-corrected chi connectivity index (χ0v) is 10.9. The second-order valence-electron chi connectivity index (χ2n) is 4.62. The standard InChI is InChI=1S/C14H17N3O/c1-9(2)14(18)15-8-13-10(3)16-11-6-4-5-7-12(11)17-13/h4-7,9H,8H2,1-3H3,(H,15,18). The third-order valence-electron chi connectivity index (χ3n) is 2.80. The number of nitrogens with one attached hydrogen (secondary N) is 1. The quantitative estimate of drug-likeness (QED) is 0.899. The molecule has 0 aliphatic rings. The van der Waals surface area contributed by atoms with E-state index in [9.17, 15) is 4.79 Å². The summed E-state index contributed by atoms with van der Waals surface area (Å²) in [4.78, 5) is 20.5. The number of fused-ring (bicyclic) bond motifs is 1. The average Bonchev–Trinajstić information content (AvgIpc) is 2.35. The number of carbonyl (C=O) groups is 1. The number of rotatable bonds is 3. The van der Waals surface area contributed by atoms with Crippen molar-refractivity contribution in [3.05, 3.63) is 35.7 Å². The smallest absolute Gasteiger partial charge is 0.222 e. The number of amides is 1. The topological polar surface area (TPSA) is 54.9 Å². The third kappa shape index (κ3) is 2.64. The van der Waals surface area contributed by atoms with E-state index in [1.54, 1.807) is 0 Å². The fraction of sp³-hybridized carbons (Fsp3) is 0.357. The number of hydrogen-bond acceptors (Lipinski definition) is 3. The lowest BCUT2D eigenvalue weighted by atomic mass is 10.2. The maximum Gasteiger partial charge on any atom is 0.222 e. The highest BCUT2D eigenvalue weighted by Crippen LogP contribution is 2.12. The highest BCUT2D eigenvalue weighted by atomic mass is 16.1. The lowest BCUT2D eigenvalue weighted by Gasteiger charge is -2.09. The van der Waals surface area contributed by atoms with Crippen LogP contribution in [0, 0.1) is 12.8 Å². The second kappa shape index (κ2) is 5.12. The first-order valence-corrected chi connectivity index (χ1v) is 6.08. The van der Waals surface area contributed by atoms with Crippen molar-refractivity contribution < 1.29 is 4.79 Å². The fourth-order valence-corrected chi connectivity index (χ4v) is 1.67. The van der Waals surface area contributed by atoms with Crippen LogP contribution in [0.4, 0.5) is 0 Å². The summed E-state index contributed by atoms with van der Waals surface area (Å²) in [7, 11) is 0. The van der Waals surface area contributed by atoms with E-state index in [0.717, 1.165) is 22.4 Å². The number of para-hydroxylation sites is 2. The minimum atomic E-state index is -0.0151. The van der Waals surface area contributed by atoms with Gasteiger partial charge in [-0.05, 0) is 19.1 Å². The van der Waals surface area contributed by atoms with E-state index in [1.807, 2.05) is 45.0 Å². The first kappa shape index (κ1) is 12.5.